The number of carbonyl (C=O) groups excluding carboxylic acids is 1. The van der Waals surface area contributed by atoms with Crippen molar-refractivity contribution in [1.82, 2.24) is 24.6 Å². The highest BCUT2D eigenvalue weighted by atomic mass is 19.1. The summed E-state index contributed by atoms with van der Waals surface area (Å²) in [6, 6.07) is 11.9. The van der Waals surface area contributed by atoms with E-state index >= 15 is 0 Å². The number of halogens is 1. The minimum absolute atomic E-state index is 0.166. The Morgan fingerprint density at radius 2 is 1.76 bits per heavy atom. The first-order chi connectivity index (χ1) is 14.0. The fourth-order valence-corrected chi connectivity index (χ4v) is 3.44. The van der Waals surface area contributed by atoms with Gasteiger partial charge in [-0.1, -0.05) is 11.6 Å². The van der Waals surface area contributed by atoms with Gasteiger partial charge in [0.25, 0.3) is 5.91 Å². The number of aryl methyl sites for hydroxylation is 2. The summed E-state index contributed by atoms with van der Waals surface area (Å²) in [6.07, 6.45) is 3.72. The molecule has 3 aromatic rings. The van der Waals surface area contributed by atoms with E-state index in [-0.39, 0.29) is 17.5 Å². The molecule has 1 aromatic carbocycles. The van der Waals surface area contributed by atoms with Crippen LogP contribution in [0.5, 0.6) is 0 Å². The number of carbonyl (C=O) groups is 1. The molecule has 1 saturated heterocycles. The molecule has 4 rings (SSSR count). The number of amides is 1. The van der Waals surface area contributed by atoms with Gasteiger partial charge in [-0.25, -0.2) is 14.1 Å². The second-order valence-electron chi connectivity index (χ2n) is 7.17. The standard InChI is InChI=1S/C22H22FN5O/c1-15-4-3-5-19(24-15)14-17-10-12-27(13-11-17)22(29)21-25-16(2)28(26-21)20-8-6-18(23)7-9-20/h3-9,14H,10-13H2,1-2H3. The summed E-state index contributed by atoms with van der Waals surface area (Å²) in [5.74, 6) is 0.255. The molecule has 2 aromatic heterocycles. The zero-order valence-corrected chi connectivity index (χ0v) is 16.5. The van der Waals surface area contributed by atoms with Crippen LogP contribution in [0.2, 0.25) is 0 Å². The van der Waals surface area contributed by atoms with Crippen LogP contribution in [0.4, 0.5) is 4.39 Å². The Hall–Kier alpha value is -3.35. The molecule has 0 radical (unpaired) electrons. The van der Waals surface area contributed by atoms with Crippen LogP contribution >= 0.6 is 0 Å². The number of aromatic nitrogens is 4. The van der Waals surface area contributed by atoms with E-state index in [4.69, 9.17) is 0 Å². The number of hydrogen-bond acceptors (Lipinski definition) is 4. The molecule has 0 aliphatic carbocycles. The summed E-state index contributed by atoms with van der Waals surface area (Å²) in [5.41, 5.74) is 3.90. The van der Waals surface area contributed by atoms with E-state index in [1.165, 1.54) is 17.7 Å². The van der Waals surface area contributed by atoms with Gasteiger partial charge in [0.2, 0.25) is 5.82 Å². The fraction of sp³-hybridized carbons (Fsp3) is 0.273. The van der Waals surface area contributed by atoms with E-state index in [1.54, 1.807) is 28.6 Å². The van der Waals surface area contributed by atoms with Crippen molar-refractivity contribution in [3.63, 3.8) is 0 Å². The minimum Gasteiger partial charge on any atom is -0.335 e. The van der Waals surface area contributed by atoms with Gasteiger partial charge in [-0.15, -0.1) is 5.10 Å². The van der Waals surface area contributed by atoms with Crippen LogP contribution in [0, 0.1) is 19.7 Å². The molecule has 0 saturated carbocycles. The zero-order chi connectivity index (χ0) is 20.4. The Bertz CT molecular complexity index is 1060. The normalized spacial score (nSPS) is 14.2. The predicted octanol–water partition coefficient (Wildman–Crippen LogP) is 3.74. The van der Waals surface area contributed by atoms with Gasteiger partial charge < -0.3 is 4.90 Å². The summed E-state index contributed by atoms with van der Waals surface area (Å²) in [6.45, 7) is 5.00. The Morgan fingerprint density at radius 1 is 1.03 bits per heavy atom. The molecule has 1 amide bonds. The van der Waals surface area contributed by atoms with Gasteiger partial charge >= 0.3 is 0 Å². The number of piperidine rings is 1. The van der Waals surface area contributed by atoms with Crippen molar-refractivity contribution >= 4 is 12.0 Å². The highest BCUT2D eigenvalue weighted by Crippen LogP contribution is 2.20. The largest absolute Gasteiger partial charge is 0.335 e. The van der Waals surface area contributed by atoms with Crippen molar-refractivity contribution in [3.8, 4) is 5.69 Å². The fourth-order valence-electron chi connectivity index (χ4n) is 3.44. The molecular weight excluding hydrogens is 369 g/mol. The number of nitrogens with zero attached hydrogens (tertiary/aromatic N) is 5. The molecule has 3 heterocycles. The summed E-state index contributed by atoms with van der Waals surface area (Å²) in [5, 5.41) is 4.35. The first kappa shape index (κ1) is 19.0. The number of likely N-dealkylation sites (tertiary alicyclic amines) is 1. The van der Waals surface area contributed by atoms with Crippen LogP contribution in [0.1, 0.15) is 40.7 Å². The monoisotopic (exact) mass is 391 g/mol. The molecule has 6 nitrogen and oxygen atoms in total. The molecule has 148 valence electrons. The Kier molecular flexibility index (Phi) is 5.20. The lowest BCUT2D eigenvalue weighted by molar-refractivity contribution is 0.0731. The Balaban J connectivity index is 1.45. The second kappa shape index (κ2) is 7.95. The van der Waals surface area contributed by atoms with E-state index in [0.717, 1.165) is 24.2 Å². The van der Waals surface area contributed by atoms with E-state index < -0.39 is 0 Å². The molecule has 0 N–H and O–H groups in total. The van der Waals surface area contributed by atoms with Crippen LogP contribution in [-0.2, 0) is 0 Å². The van der Waals surface area contributed by atoms with Crippen LogP contribution < -0.4 is 0 Å². The van der Waals surface area contributed by atoms with Gasteiger partial charge in [0, 0.05) is 18.8 Å². The van der Waals surface area contributed by atoms with Crippen LogP contribution in [0.25, 0.3) is 11.8 Å². The maximum absolute atomic E-state index is 13.2. The van der Waals surface area contributed by atoms with Crippen LogP contribution in [0.3, 0.4) is 0 Å². The summed E-state index contributed by atoms with van der Waals surface area (Å²) in [7, 11) is 0. The van der Waals surface area contributed by atoms with E-state index in [1.807, 2.05) is 25.1 Å². The molecule has 29 heavy (non-hydrogen) atoms. The van der Waals surface area contributed by atoms with Gasteiger partial charge in [0.05, 0.1) is 11.4 Å². The maximum Gasteiger partial charge on any atom is 0.293 e. The minimum atomic E-state index is -0.319. The lowest BCUT2D eigenvalue weighted by Crippen LogP contribution is -2.37. The lowest BCUT2D eigenvalue weighted by Gasteiger charge is -2.27. The quantitative estimate of drug-likeness (QED) is 0.682. The SMILES string of the molecule is Cc1cccc(C=C2CCN(C(=O)c3nc(C)n(-c4ccc(F)cc4)n3)CC2)n1. The van der Waals surface area contributed by atoms with Crippen LogP contribution in [0.15, 0.2) is 48.0 Å². The Morgan fingerprint density at radius 3 is 2.45 bits per heavy atom. The lowest BCUT2D eigenvalue weighted by atomic mass is 10.0. The van der Waals surface area contributed by atoms with E-state index in [0.29, 0.717) is 24.6 Å². The van der Waals surface area contributed by atoms with E-state index in [2.05, 4.69) is 21.1 Å². The van der Waals surface area contributed by atoms with Crippen molar-refractivity contribution in [2.45, 2.75) is 26.7 Å². The summed E-state index contributed by atoms with van der Waals surface area (Å²) in [4.78, 5) is 23.5. The van der Waals surface area contributed by atoms with E-state index in [9.17, 15) is 9.18 Å². The van der Waals surface area contributed by atoms with Gasteiger partial charge in [0.15, 0.2) is 0 Å². The average Bonchev–Trinajstić information content (AvgIpc) is 3.10. The van der Waals surface area contributed by atoms with Gasteiger partial charge in [-0.3, -0.25) is 9.78 Å². The second-order valence-corrected chi connectivity index (χ2v) is 7.17. The van der Waals surface area contributed by atoms with Crippen molar-refractivity contribution in [1.29, 1.82) is 0 Å². The van der Waals surface area contributed by atoms with Gasteiger partial charge in [-0.2, -0.15) is 0 Å². The molecule has 7 heteroatoms. The van der Waals surface area contributed by atoms with Crippen molar-refractivity contribution in [2.75, 3.05) is 13.1 Å². The summed E-state index contributed by atoms with van der Waals surface area (Å²) < 4.78 is 14.7. The van der Waals surface area contributed by atoms with Crippen molar-refractivity contribution in [3.05, 3.63) is 76.9 Å². The number of pyridine rings is 1. The molecule has 1 aliphatic heterocycles. The topological polar surface area (TPSA) is 63.9 Å². The third kappa shape index (κ3) is 4.23. The molecule has 0 unspecified atom stereocenters. The van der Waals surface area contributed by atoms with Gasteiger partial charge in [0.1, 0.15) is 11.6 Å². The van der Waals surface area contributed by atoms with Crippen molar-refractivity contribution < 1.29 is 9.18 Å². The first-order valence-electron chi connectivity index (χ1n) is 9.61. The molecule has 1 fully saturated rings. The number of hydrogen-bond donors (Lipinski definition) is 0. The average molecular weight is 391 g/mol. The zero-order valence-electron chi connectivity index (χ0n) is 16.5. The highest BCUT2D eigenvalue weighted by Gasteiger charge is 2.24. The first-order valence-corrected chi connectivity index (χ1v) is 9.61. The molecule has 0 spiro atoms. The van der Waals surface area contributed by atoms with Gasteiger partial charge in [-0.05, 0) is 69.2 Å². The third-order valence-corrected chi connectivity index (χ3v) is 4.99. The molecule has 0 bridgehead atoms. The van der Waals surface area contributed by atoms with Crippen molar-refractivity contribution in [2.24, 2.45) is 0 Å². The number of benzene rings is 1. The van der Waals surface area contributed by atoms with Crippen LogP contribution in [-0.4, -0.2) is 43.6 Å². The smallest absolute Gasteiger partial charge is 0.293 e. The molecule has 0 atom stereocenters. The maximum atomic E-state index is 13.2. The molecule has 1 aliphatic rings. The predicted molar refractivity (Wildman–Crippen MR) is 108 cm³/mol. The Labute approximate surface area is 168 Å². The number of rotatable bonds is 3. The third-order valence-electron chi connectivity index (χ3n) is 4.99. The molecular formula is C22H22FN5O. The highest BCUT2D eigenvalue weighted by molar-refractivity contribution is 5.90. The summed E-state index contributed by atoms with van der Waals surface area (Å²) >= 11 is 0.